The summed E-state index contributed by atoms with van der Waals surface area (Å²) in [4.78, 5) is 25.8. The Kier molecular flexibility index (Phi) is 5.78. The highest BCUT2D eigenvalue weighted by Gasteiger charge is 2.28. The molecule has 132 valence electrons. The summed E-state index contributed by atoms with van der Waals surface area (Å²) in [5.41, 5.74) is 7.76. The zero-order chi connectivity index (χ0) is 18.0. The van der Waals surface area contributed by atoms with Crippen LogP contribution < -0.4 is 11.1 Å². The third-order valence-electron chi connectivity index (χ3n) is 4.62. The third-order valence-corrected chi connectivity index (χ3v) is 6.47. The van der Waals surface area contributed by atoms with Gasteiger partial charge in [0.25, 0.3) is 11.8 Å². The van der Waals surface area contributed by atoms with Crippen LogP contribution in [0.1, 0.15) is 57.3 Å². The van der Waals surface area contributed by atoms with E-state index in [-0.39, 0.29) is 5.91 Å². The van der Waals surface area contributed by atoms with E-state index in [2.05, 4.69) is 34.8 Å². The molecule has 1 aromatic carbocycles. The molecule has 1 heterocycles. The molecule has 25 heavy (non-hydrogen) atoms. The van der Waals surface area contributed by atoms with Crippen LogP contribution in [0.4, 0.5) is 5.00 Å². The lowest BCUT2D eigenvalue weighted by Gasteiger charge is -2.21. The highest BCUT2D eigenvalue weighted by Crippen LogP contribution is 2.40. The molecular weight excluding hydrogens is 447 g/mol. The van der Waals surface area contributed by atoms with E-state index in [4.69, 9.17) is 5.73 Å². The summed E-state index contributed by atoms with van der Waals surface area (Å²) in [6.45, 7) is 2.20. The molecule has 0 radical (unpaired) electrons. The maximum absolute atomic E-state index is 12.6. The number of carbonyl (C=O) groups excluding carboxylic acids is 2. The number of thiophene rings is 1. The standard InChI is InChI=1S/C19H21IN2O2S/c1-2-4-11-7-8-14-15(9-11)25-19(16(14)17(21)23)22-18(24)12-5-3-6-13(20)10-12/h3,5-6,10-11H,2,4,7-9H2,1H3,(H2,21,23)(H,22,24)/t11-/m0/s1. The highest BCUT2D eigenvalue weighted by atomic mass is 127. The van der Waals surface area contributed by atoms with E-state index in [1.165, 1.54) is 29.1 Å². The lowest BCUT2D eigenvalue weighted by atomic mass is 9.84. The van der Waals surface area contributed by atoms with Crippen LogP contribution in [0.2, 0.25) is 0 Å². The van der Waals surface area contributed by atoms with E-state index in [1.807, 2.05) is 18.2 Å². The monoisotopic (exact) mass is 468 g/mol. The number of nitrogens with two attached hydrogens (primary N) is 1. The largest absolute Gasteiger partial charge is 0.365 e. The number of rotatable bonds is 5. The van der Waals surface area contributed by atoms with Crippen molar-refractivity contribution in [3.05, 3.63) is 49.4 Å². The second kappa shape index (κ2) is 7.86. The Morgan fingerprint density at radius 1 is 1.40 bits per heavy atom. The summed E-state index contributed by atoms with van der Waals surface area (Å²) in [6, 6.07) is 7.38. The summed E-state index contributed by atoms with van der Waals surface area (Å²) >= 11 is 3.69. The number of anilines is 1. The minimum Gasteiger partial charge on any atom is -0.365 e. The normalized spacial score (nSPS) is 16.3. The van der Waals surface area contributed by atoms with Crippen LogP contribution >= 0.6 is 33.9 Å². The number of hydrogen-bond acceptors (Lipinski definition) is 3. The van der Waals surface area contributed by atoms with Gasteiger partial charge >= 0.3 is 0 Å². The molecule has 2 amide bonds. The number of fused-ring (bicyclic) bond motifs is 1. The molecule has 3 rings (SSSR count). The van der Waals surface area contributed by atoms with Gasteiger partial charge in [0.15, 0.2) is 0 Å². The lowest BCUT2D eigenvalue weighted by molar-refractivity contribution is 0.1000. The van der Waals surface area contributed by atoms with E-state index in [0.29, 0.717) is 22.0 Å². The summed E-state index contributed by atoms with van der Waals surface area (Å²) in [5, 5.41) is 3.51. The molecule has 0 spiro atoms. The van der Waals surface area contributed by atoms with E-state index >= 15 is 0 Å². The molecule has 1 aliphatic rings. The zero-order valence-corrected chi connectivity index (χ0v) is 17.1. The van der Waals surface area contributed by atoms with Crippen molar-refractivity contribution in [2.45, 2.75) is 39.0 Å². The minimum atomic E-state index is -0.454. The molecule has 0 bridgehead atoms. The van der Waals surface area contributed by atoms with Crippen molar-refractivity contribution in [3.63, 3.8) is 0 Å². The molecule has 1 aromatic heterocycles. The molecule has 0 fully saturated rings. The van der Waals surface area contributed by atoms with E-state index in [0.717, 1.165) is 28.4 Å². The summed E-state index contributed by atoms with van der Waals surface area (Å²) in [5.74, 6) is 0.00485. The van der Waals surface area contributed by atoms with Crippen LogP contribution in [0, 0.1) is 9.49 Å². The van der Waals surface area contributed by atoms with Crippen molar-refractivity contribution in [2.24, 2.45) is 11.7 Å². The Morgan fingerprint density at radius 2 is 2.20 bits per heavy atom. The first-order valence-electron chi connectivity index (χ1n) is 8.50. The van der Waals surface area contributed by atoms with Gasteiger partial charge in [0.05, 0.1) is 5.56 Å². The SMILES string of the molecule is CCC[C@H]1CCc2c(sc(NC(=O)c3cccc(I)c3)c2C(N)=O)C1. The number of halogens is 1. The van der Waals surface area contributed by atoms with Crippen LogP contribution in [0.15, 0.2) is 24.3 Å². The second-order valence-electron chi connectivity index (χ2n) is 6.43. The van der Waals surface area contributed by atoms with Gasteiger partial charge < -0.3 is 11.1 Å². The Hall–Kier alpha value is -1.41. The van der Waals surface area contributed by atoms with Gasteiger partial charge in [0.2, 0.25) is 0 Å². The third kappa shape index (κ3) is 4.06. The van der Waals surface area contributed by atoms with Gasteiger partial charge in [0, 0.05) is 14.0 Å². The van der Waals surface area contributed by atoms with Gasteiger partial charge in [-0.25, -0.2) is 0 Å². The quantitative estimate of drug-likeness (QED) is 0.630. The molecule has 0 unspecified atom stereocenters. The van der Waals surface area contributed by atoms with Gasteiger partial charge in [-0.2, -0.15) is 0 Å². The average Bonchev–Trinajstić information content (AvgIpc) is 2.92. The molecular formula is C19H21IN2O2S. The first-order chi connectivity index (χ1) is 12.0. The predicted octanol–water partition coefficient (Wildman–Crippen LogP) is 4.61. The number of carbonyl (C=O) groups is 2. The average molecular weight is 468 g/mol. The molecule has 1 aliphatic carbocycles. The summed E-state index contributed by atoms with van der Waals surface area (Å²) < 4.78 is 0.994. The molecule has 2 aromatic rings. The van der Waals surface area contributed by atoms with Crippen molar-refractivity contribution in [3.8, 4) is 0 Å². The fourth-order valence-electron chi connectivity index (χ4n) is 3.46. The Balaban J connectivity index is 1.89. The smallest absolute Gasteiger partial charge is 0.256 e. The van der Waals surface area contributed by atoms with Crippen molar-refractivity contribution >= 4 is 50.7 Å². The fraction of sp³-hybridized carbons (Fsp3) is 0.368. The first kappa shape index (κ1) is 18.4. The van der Waals surface area contributed by atoms with Crippen molar-refractivity contribution in [2.75, 3.05) is 5.32 Å². The van der Waals surface area contributed by atoms with E-state index in [9.17, 15) is 9.59 Å². The van der Waals surface area contributed by atoms with Gasteiger partial charge in [0.1, 0.15) is 5.00 Å². The highest BCUT2D eigenvalue weighted by molar-refractivity contribution is 14.1. The van der Waals surface area contributed by atoms with Gasteiger partial charge in [-0.3, -0.25) is 9.59 Å². The van der Waals surface area contributed by atoms with Crippen molar-refractivity contribution in [1.82, 2.24) is 0 Å². The Labute approximate surface area is 165 Å². The molecule has 0 saturated carbocycles. The topological polar surface area (TPSA) is 72.2 Å². The Bertz CT molecular complexity index is 816. The fourth-order valence-corrected chi connectivity index (χ4v) is 5.37. The van der Waals surface area contributed by atoms with Crippen LogP contribution in [0.5, 0.6) is 0 Å². The van der Waals surface area contributed by atoms with Gasteiger partial charge in [-0.15, -0.1) is 11.3 Å². The first-order valence-corrected chi connectivity index (χ1v) is 10.4. The predicted molar refractivity (Wildman–Crippen MR) is 110 cm³/mol. The molecule has 3 N–H and O–H groups in total. The second-order valence-corrected chi connectivity index (χ2v) is 8.78. The number of benzene rings is 1. The molecule has 4 nitrogen and oxygen atoms in total. The van der Waals surface area contributed by atoms with Gasteiger partial charge in [-0.1, -0.05) is 25.8 Å². The number of amides is 2. The number of primary amides is 1. The van der Waals surface area contributed by atoms with E-state index in [1.54, 1.807) is 6.07 Å². The Morgan fingerprint density at radius 3 is 2.88 bits per heavy atom. The van der Waals surface area contributed by atoms with Crippen LogP contribution in [-0.2, 0) is 12.8 Å². The van der Waals surface area contributed by atoms with Crippen LogP contribution in [0.25, 0.3) is 0 Å². The maximum Gasteiger partial charge on any atom is 0.256 e. The van der Waals surface area contributed by atoms with Crippen LogP contribution in [-0.4, -0.2) is 11.8 Å². The van der Waals surface area contributed by atoms with E-state index < -0.39 is 5.91 Å². The molecule has 1 atom stereocenters. The number of hydrogen-bond donors (Lipinski definition) is 2. The molecule has 0 saturated heterocycles. The van der Waals surface area contributed by atoms with Crippen molar-refractivity contribution in [1.29, 1.82) is 0 Å². The van der Waals surface area contributed by atoms with Crippen LogP contribution in [0.3, 0.4) is 0 Å². The zero-order valence-electron chi connectivity index (χ0n) is 14.1. The molecule has 0 aliphatic heterocycles. The molecule has 6 heteroatoms. The summed E-state index contributed by atoms with van der Waals surface area (Å²) in [6.07, 6.45) is 5.31. The van der Waals surface area contributed by atoms with Crippen molar-refractivity contribution < 1.29 is 9.59 Å². The number of nitrogens with one attached hydrogen (secondary N) is 1. The lowest BCUT2D eigenvalue weighted by Crippen LogP contribution is -2.20. The minimum absolute atomic E-state index is 0.204. The maximum atomic E-state index is 12.6. The van der Waals surface area contributed by atoms with Gasteiger partial charge in [-0.05, 0) is 71.5 Å². The summed E-state index contributed by atoms with van der Waals surface area (Å²) in [7, 11) is 0.